The molecular formula is C6H6FN3O. The van der Waals surface area contributed by atoms with Crippen LogP contribution in [0.5, 0.6) is 6.01 Å². The van der Waals surface area contributed by atoms with Crippen LogP contribution in [0.2, 0.25) is 0 Å². The lowest BCUT2D eigenvalue weighted by molar-refractivity contribution is 0.426. The third-order valence-electron chi connectivity index (χ3n) is 0.964. The molecule has 1 aromatic heterocycles. The molecule has 1 aromatic rings. The maximum atomic E-state index is 12.6. The molecule has 0 aromatic carbocycles. The number of rotatable bonds is 1. The number of aliphatic imine (C=N–C) groups is 1. The standard InChI is InChI=1S/C6H6FN3O/c1-2-8-5-4(7)3-9-6(11)10-5/h2-3H,1H3,(H,9,10,11)/b8-2+. The summed E-state index contributed by atoms with van der Waals surface area (Å²) in [5, 5.41) is 8.70. The van der Waals surface area contributed by atoms with Crippen molar-refractivity contribution in [3.63, 3.8) is 0 Å². The van der Waals surface area contributed by atoms with Crippen LogP contribution in [0.1, 0.15) is 6.92 Å². The van der Waals surface area contributed by atoms with Crippen molar-refractivity contribution in [2.24, 2.45) is 4.99 Å². The highest BCUT2D eigenvalue weighted by Gasteiger charge is 2.02. The SMILES string of the molecule is C/C=N/c1nc(O)ncc1F. The van der Waals surface area contributed by atoms with E-state index in [-0.39, 0.29) is 5.82 Å². The second kappa shape index (κ2) is 3.05. The van der Waals surface area contributed by atoms with E-state index in [1.165, 1.54) is 6.21 Å². The minimum atomic E-state index is -0.652. The molecule has 1 rings (SSSR count). The van der Waals surface area contributed by atoms with Gasteiger partial charge in [-0.2, -0.15) is 4.98 Å². The Hall–Kier alpha value is -1.52. The molecule has 0 aliphatic rings. The van der Waals surface area contributed by atoms with Gasteiger partial charge in [0.15, 0.2) is 11.6 Å². The Kier molecular flexibility index (Phi) is 2.10. The lowest BCUT2D eigenvalue weighted by atomic mass is 10.5. The van der Waals surface area contributed by atoms with Crippen molar-refractivity contribution in [2.45, 2.75) is 6.92 Å². The molecule has 0 saturated heterocycles. The summed E-state index contributed by atoms with van der Waals surface area (Å²) in [4.78, 5) is 10.1. The van der Waals surface area contributed by atoms with Gasteiger partial charge in [0, 0.05) is 6.21 Å². The molecule has 0 radical (unpaired) electrons. The maximum absolute atomic E-state index is 12.6. The number of aromatic hydroxyl groups is 1. The van der Waals surface area contributed by atoms with Crippen LogP contribution in [-0.4, -0.2) is 21.3 Å². The molecule has 0 atom stereocenters. The average Bonchev–Trinajstić information content (AvgIpc) is 1.98. The molecule has 0 saturated carbocycles. The Morgan fingerprint density at radius 3 is 3.09 bits per heavy atom. The predicted molar refractivity (Wildman–Crippen MR) is 37.5 cm³/mol. The zero-order valence-electron chi connectivity index (χ0n) is 5.82. The van der Waals surface area contributed by atoms with Crippen LogP contribution >= 0.6 is 0 Å². The summed E-state index contributed by atoms with van der Waals surface area (Å²) in [6.45, 7) is 1.62. The summed E-state index contributed by atoms with van der Waals surface area (Å²) >= 11 is 0. The van der Waals surface area contributed by atoms with Crippen molar-refractivity contribution in [3.05, 3.63) is 12.0 Å². The van der Waals surface area contributed by atoms with Crippen molar-refractivity contribution in [1.29, 1.82) is 0 Å². The molecule has 0 amide bonds. The fourth-order valence-electron chi connectivity index (χ4n) is 0.562. The van der Waals surface area contributed by atoms with Crippen molar-refractivity contribution >= 4 is 12.0 Å². The van der Waals surface area contributed by atoms with Crippen LogP contribution in [0.15, 0.2) is 11.2 Å². The number of nitrogens with zero attached hydrogens (tertiary/aromatic N) is 3. The quantitative estimate of drug-likeness (QED) is 0.616. The number of hydrogen-bond acceptors (Lipinski definition) is 4. The lowest BCUT2D eigenvalue weighted by Gasteiger charge is -1.93. The van der Waals surface area contributed by atoms with Gasteiger partial charge in [-0.25, -0.2) is 14.4 Å². The molecular weight excluding hydrogens is 149 g/mol. The summed E-state index contributed by atoms with van der Waals surface area (Å²) < 4.78 is 12.6. The first-order valence-electron chi connectivity index (χ1n) is 2.94. The van der Waals surface area contributed by atoms with Gasteiger partial charge < -0.3 is 5.11 Å². The number of hydrogen-bond donors (Lipinski definition) is 1. The third kappa shape index (κ3) is 1.70. The molecule has 5 heteroatoms. The normalized spacial score (nSPS) is 10.7. The average molecular weight is 155 g/mol. The molecule has 4 nitrogen and oxygen atoms in total. The van der Waals surface area contributed by atoms with Gasteiger partial charge in [0.1, 0.15) is 0 Å². The topological polar surface area (TPSA) is 58.4 Å². The Bertz CT molecular complexity index is 287. The van der Waals surface area contributed by atoms with E-state index < -0.39 is 11.8 Å². The first-order valence-corrected chi connectivity index (χ1v) is 2.94. The van der Waals surface area contributed by atoms with Gasteiger partial charge in [-0.05, 0) is 6.92 Å². The molecule has 0 bridgehead atoms. The summed E-state index contributed by atoms with van der Waals surface area (Å²) in [6.07, 6.45) is 2.25. The smallest absolute Gasteiger partial charge is 0.316 e. The van der Waals surface area contributed by atoms with Crippen molar-refractivity contribution < 1.29 is 9.50 Å². The van der Waals surface area contributed by atoms with Crippen LogP contribution in [-0.2, 0) is 0 Å². The highest BCUT2D eigenvalue weighted by Crippen LogP contribution is 2.14. The zero-order chi connectivity index (χ0) is 8.27. The maximum Gasteiger partial charge on any atom is 0.316 e. The predicted octanol–water partition coefficient (Wildman–Crippen LogP) is 1.04. The van der Waals surface area contributed by atoms with E-state index in [4.69, 9.17) is 5.11 Å². The van der Waals surface area contributed by atoms with Gasteiger partial charge in [-0.3, -0.25) is 0 Å². The molecule has 0 fully saturated rings. The molecule has 0 unspecified atom stereocenters. The summed E-state index contributed by atoms with van der Waals surface area (Å²) in [7, 11) is 0. The fraction of sp³-hybridized carbons (Fsp3) is 0.167. The highest BCUT2D eigenvalue weighted by atomic mass is 19.1. The van der Waals surface area contributed by atoms with Gasteiger partial charge in [-0.15, -0.1) is 0 Å². The zero-order valence-corrected chi connectivity index (χ0v) is 5.82. The van der Waals surface area contributed by atoms with Gasteiger partial charge in [0.25, 0.3) is 0 Å². The highest BCUT2D eigenvalue weighted by molar-refractivity contribution is 5.58. The first kappa shape index (κ1) is 7.59. The molecule has 11 heavy (non-hydrogen) atoms. The van der Waals surface area contributed by atoms with Gasteiger partial charge >= 0.3 is 6.01 Å². The lowest BCUT2D eigenvalue weighted by Crippen LogP contribution is -1.85. The number of halogens is 1. The summed E-state index contributed by atoms with van der Waals surface area (Å²) in [5.74, 6) is -0.805. The monoisotopic (exact) mass is 155 g/mol. The van der Waals surface area contributed by atoms with E-state index in [0.717, 1.165) is 6.20 Å². The van der Waals surface area contributed by atoms with E-state index in [9.17, 15) is 4.39 Å². The minimum Gasteiger partial charge on any atom is -0.479 e. The van der Waals surface area contributed by atoms with E-state index in [1.807, 2.05) is 0 Å². The summed E-state index contributed by atoms with van der Waals surface area (Å²) in [5.41, 5.74) is 0. The van der Waals surface area contributed by atoms with Crippen LogP contribution in [0.4, 0.5) is 10.2 Å². The van der Waals surface area contributed by atoms with Crippen LogP contribution < -0.4 is 0 Å². The Morgan fingerprint density at radius 1 is 1.73 bits per heavy atom. The number of aromatic nitrogens is 2. The van der Waals surface area contributed by atoms with Crippen molar-refractivity contribution in [3.8, 4) is 6.01 Å². The van der Waals surface area contributed by atoms with E-state index in [2.05, 4.69) is 15.0 Å². The van der Waals surface area contributed by atoms with Gasteiger partial charge in [0.2, 0.25) is 0 Å². The van der Waals surface area contributed by atoms with Crippen LogP contribution in [0, 0.1) is 5.82 Å². The van der Waals surface area contributed by atoms with E-state index in [0.29, 0.717) is 0 Å². The van der Waals surface area contributed by atoms with Crippen LogP contribution in [0.3, 0.4) is 0 Å². The van der Waals surface area contributed by atoms with E-state index >= 15 is 0 Å². The molecule has 1 N–H and O–H groups in total. The largest absolute Gasteiger partial charge is 0.479 e. The second-order valence-electron chi connectivity index (χ2n) is 1.73. The first-order chi connectivity index (χ1) is 5.24. The fourth-order valence-corrected chi connectivity index (χ4v) is 0.562. The summed E-state index contributed by atoms with van der Waals surface area (Å²) in [6, 6.07) is -0.480. The molecule has 0 spiro atoms. The third-order valence-corrected chi connectivity index (χ3v) is 0.964. The second-order valence-corrected chi connectivity index (χ2v) is 1.73. The molecule has 1 heterocycles. The van der Waals surface area contributed by atoms with Crippen LogP contribution in [0.25, 0.3) is 0 Å². The molecule has 0 aliphatic carbocycles. The van der Waals surface area contributed by atoms with Crippen molar-refractivity contribution in [1.82, 2.24) is 9.97 Å². The Morgan fingerprint density at radius 2 is 2.45 bits per heavy atom. The van der Waals surface area contributed by atoms with Crippen molar-refractivity contribution in [2.75, 3.05) is 0 Å². The molecule has 58 valence electrons. The van der Waals surface area contributed by atoms with Gasteiger partial charge in [-0.1, -0.05) is 0 Å². The van der Waals surface area contributed by atoms with Gasteiger partial charge in [0.05, 0.1) is 6.20 Å². The Balaban J connectivity index is 3.12. The minimum absolute atomic E-state index is 0.153. The Labute approximate surface area is 62.5 Å². The van der Waals surface area contributed by atoms with E-state index in [1.54, 1.807) is 6.92 Å². The molecule has 0 aliphatic heterocycles.